The molecule has 0 aromatic heterocycles. The molecule has 3 unspecified atom stereocenters. The number of hydrogen-bond acceptors (Lipinski definition) is 4. The average Bonchev–Trinajstić information content (AvgIpc) is 2.27. The van der Waals surface area contributed by atoms with E-state index in [0.717, 1.165) is 6.54 Å². The highest BCUT2D eigenvalue weighted by atomic mass is 32.2. The van der Waals surface area contributed by atoms with Crippen LogP contribution in [0.4, 0.5) is 0 Å². The third kappa shape index (κ3) is 3.03. The van der Waals surface area contributed by atoms with Crippen LogP contribution in [0.3, 0.4) is 0 Å². The van der Waals surface area contributed by atoms with Crippen molar-refractivity contribution in [2.45, 2.75) is 39.0 Å². The fourth-order valence-corrected chi connectivity index (χ4v) is 4.45. The fourth-order valence-electron chi connectivity index (χ4n) is 2.59. The minimum absolute atomic E-state index is 0.0381. The topological polar surface area (TPSA) is 61.9 Å². The summed E-state index contributed by atoms with van der Waals surface area (Å²) in [6, 6.07) is 0.212. The Kier molecular flexibility index (Phi) is 4.28. The van der Waals surface area contributed by atoms with Crippen molar-refractivity contribution in [2.75, 3.05) is 32.7 Å². The van der Waals surface area contributed by atoms with Gasteiger partial charge in [0.25, 0.3) is 10.2 Å². The second-order valence-electron chi connectivity index (χ2n) is 5.30. The van der Waals surface area contributed by atoms with Crippen LogP contribution in [0.15, 0.2) is 0 Å². The van der Waals surface area contributed by atoms with E-state index in [1.807, 2.05) is 20.8 Å². The lowest BCUT2D eigenvalue weighted by molar-refractivity contribution is -0.0456. The van der Waals surface area contributed by atoms with E-state index in [4.69, 9.17) is 4.74 Å². The Labute approximate surface area is 109 Å². The Morgan fingerprint density at radius 1 is 1.06 bits per heavy atom. The summed E-state index contributed by atoms with van der Waals surface area (Å²) in [5.41, 5.74) is 0. The maximum Gasteiger partial charge on any atom is 0.282 e. The largest absolute Gasteiger partial charge is 0.373 e. The molecule has 0 spiro atoms. The molecular formula is C11H23N3O3S. The Hall–Kier alpha value is -0.210. The van der Waals surface area contributed by atoms with E-state index in [9.17, 15) is 8.42 Å². The Bertz CT molecular complexity index is 377. The fraction of sp³-hybridized carbons (Fsp3) is 1.00. The van der Waals surface area contributed by atoms with E-state index < -0.39 is 10.2 Å². The summed E-state index contributed by atoms with van der Waals surface area (Å²) < 4.78 is 33.8. The van der Waals surface area contributed by atoms with Crippen molar-refractivity contribution in [3.63, 3.8) is 0 Å². The van der Waals surface area contributed by atoms with E-state index in [-0.39, 0.29) is 18.2 Å². The van der Waals surface area contributed by atoms with E-state index >= 15 is 0 Å². The second-order valence-corrected chi connectivity index (χ2v) is 7.22. The summed E-state index contributed by atoms with van der Waals surface area (Å²) in [7, 11) is -3.34. The molecule has 6 nitrogen and oxygen atoms in total. The van der Waals surface area contributed by atoms with Crippen molar-refractivity contribution < 1.29 is 13.2 Å². The second kappa shape index (κ2) is 5.42. The lowest BCUT2D eigenvalue weighted by Gasteiger charge is -2.39. The average molecular weight is 277 g/mol. The molecule has 2 saturated heterocycles. The first kappa shape index (κ1) is 14.2. The predicted molar refractivity (Wildman–Crippen MR) is 69.5 cm³/mol. The Balaban J connectivity index is 2.09. The first-order valence-corrected chi connectivity index (χ1v) is 7.93. The summed E-state index contributed by atoms with van der Waals surface area (Å²) in [6.45, 7) is 8.55. The van der Waals surface area contributed by atoms with Gasteiger partial charge in [-0.2, -0.15) is 17.0 Å². The highest BCUT2D eigenvalue weighted by Gasteiger charge is 2.36. The van der Waals surface area contributed by atoms with Gasteiger partial charge in [0.15, 0.2) is 0 Å². The molecule has 0 amide bonds. The van der Waals surface area contributed by atoms with Gasteiger partial charge >= 0.3 is 0 Å². The van der Waals surface area contributed by atoms with E-state index in [1.54, 1.807) is 8.61 Å². The zero-order chi connectivity index (χ0) is 13.3. The van der Waals surface area contributed by atoms with Crippen molar-refractivity contribution in [3.05, 3.63) is 0 Å². The highest BCUT2D eigenvalue weighted by Crippen LogP contribution is 2.18. The lowest BCUT2D eigenvalue weighted by Crippen LogP contribution is -2.58. The van der Waals surface area contributed by atoms with Gasteiger partial charge in [0, 0.05) is 38.8 Å². The van der Waals surface area contributed by atoms with Gasteiger partial charge in [-0.1, -0.05) is 0 Å². The molecule has 2 rings (SSSR count). The van der Waals surface area contributed by atoms with Crippen LogP contribution >= 0.6 is 0 Å². The minimum atomic E-state index is -3.34. The van der Waals surface area contributed by atoms with Crippen LogP contribution in [0, 0.1) is 0 Å². The Morgan fingerprint density at radius 2 is 1.67 bits per heavy atom. The van der Waals surface area contributed by atoms with Gasteiger partial charge in [-0.25, -0.2) is 0 Å². The van der Waals surface area contributed by atoms with Crippen molar-refractivity contribution in [1.29, 1.82) is 0 Å². The van der Waals surface area contributed by atoms with Gasteiger partial charge in [-0.15, -0.1) is 0 Å². The molecule has 2 heterocycles. The molecule has 2 fully saturated rings. The Morgan fingerprint density at radius 3 is 2.22 bits per heavy atom. The predicted octanol–water partition coefficient (Wildman–Crippen LogP) is -0.366. The van der Waals surface area contributed by atoms with Crippen molar-refractivity contribution in [3.8, 4) is 0 Å². The maximum atomic E-state index is 12.5. The molecule has 1 N–H and O–H groups in total. The van der Waals surface area contributed by atoms with Gasteiger partial charge in [0.1, 0.15) is 0 Å². The van der Waals surface area contributed by atoms with Crippen LogP contribution in [0.2, 0.25) is 0 Å². The van der Waals surface area contributed by atoms with Crippen LogP contribution in [0.5, 0.6) is 0 Å². The molecule has 7 heteroatoms. The summed E-state index contributed by atoms with van der Waals surface area (Å²) in [6.07, 6.45) is -0.0762. The molecule has 106 valence electrons. The maximum absolute atomic E-state index is 12.5. The zero-order valence-electron chi connectivity index (χ0n) is 11.3. The van der Waals surface area contributed by atoms with Gasteiger partial charge in [0.05, 0.1) is 12.2 Å². The number of nitrogens with one attached hydrogen (secondary N) is 1. The quantitative estimate of drug-likeness (QED) is 0.748. The van der Waals surface area contributed by atoms with Gasteiger partial charge in [-0.3, -0.25) is 0 Å². The minimum Gasteiger partial charge on any atom is -0.373 e. The molecular weight excluding hydrogens is 254 g/mol. The highest BCUT2D eigenvalue weighted by molar-refractivity contribution is 7.86. The SMILES string of the molecule is CC1CN(S(=O)(=O)N2CC(C)OC(C)C2)CCN1. The molecule has 0 radical (unpaired) electrons. The lowest BCUT2D eigenvalue weighted by atomic mass is 10.3. The first-order chi connectivity index (χ1) is 8.39. The monoisotopic (exact) mass is 277 g/mol. The van der Waals surface area contributed by atoms with Crippen LogP contribution < -0.4 is 5.32 Å². The van der Waals surface area contributed by atoms with Crippen LogP contribution in [-0.4, -0.2) is 68.0 Å². The zero-order valence-corrected chi connectivity index (χ0v) is 12.1. The summed E-state index contributed by atoms with van der Waals surface area (Å²) in [5, 5.41) is 3.26. The smallest absolute Gasteiger partial charge is 0.282 e. The molecule has 2 aliphatic heterocycles. The van der Waals surface area contributed by atoms with Gasteiger partial charge < -0.3 is 10.1 Å². The number of nitrogens with zero attached hydrogens (tertiary/aromatic N) is 2. The molecule has 3 atom stereocenters. The summed E-state index contributed by atoms with van der Waals surface area (Å²) >= 11 is 0. The van der Waals surface area contributed by atoms with Crippen molar-refractivity contribution >= 4 is 10.2 Å². The number of rotatable bonds is 2. The summed E-state index contributed by atoms with van der Waals surface area (Å²) in [4.78, 5) is 0. The van der Waals surface area contributed by atoms with Crippen molar-refractivity contribution in [1.82, 2.24) is 13.9 Å². The molecule has 0 aliphatic carbocycles. The molecule has 0 saturated carbocycles. The van der Waals surface area contributed by atoms with Crippen molar-refractivity contribution in [2.24, 2.45) is 0 Å². The van der Waals surface area contributed by atoms with Gasteiger partial charge in [0.2, 0.25) is 0 Å². The number of hydrogen-bond donors (Lipinski definition) is 1. The molecule has 18 heavy (non-hydrogen) atoms. The third-order valence-corrected chi connectivity index (χ3v) is 5.31. The standard InChI is InChI=1S/C11H23N3O3S/c1-9-6-13(5-4-12-9)18(15,16)14-7-10(2)17-11(3)8-14/h9-12H,4-8H2,1-3H3. The number of morpholine rings is 1. The van der Waals surface area contributed by atoms with E-state index in [1.165, 1.54) is 0 Å². The number of piperazine rings is 1. The molecule has 2 aliphatic rings. The molecule has 0 aromatic rings. The molecule has 0 bridgehead atoms. The third-order valence-electron chi connectivity index (χ3n) is 3.37. The van der Waals surface area contributed by atoms with Crippen LogP contribution in [-0.2, 0) is 14.9 Å². The van der Waals surface area contributed by atoms with Crippen LogP contribution in [0.25, 0.3) is 0 Å². The molecule has 0 aromatic carbocycles. The van der Waals surface area contributed by atoms with Crippen LogP contribution in [0.1, 0.15) is 20.8 Å². The first-order valence-electron chi connectivity index (χ1n) is 6.53. The normalized spacial score (nSPS) is 36.7. The summed E-state index contributed by atoms with van der Waals surface area (Å²) in [5.74, 6) is 0. The van der Waals surface area contributed by atoms with E-state index in [2.05, 4.69) is 5.32 Å². The van der Waals surface area contributed by atoms with Gasteiger partial charge in [-0.05, 0) is 20.8 Å². The number of ether oxygens (including phenoxy) is 1. The van der Waals surface area contributed by atoms with E-state index in [0.29, 0.717) is 26.2 Å².